The molecule has 0 aromatic rings. The highest BCUT2D eigenvalue weighted by molar-refractivity contribution is 6.03. The quantitative estimate of drug-likeness (QED) is 0.331. The van der Waals surface area contributed by atoms with Crippen LogP contribution in [-0.4, -0.2) is 77.3 Å². The largest absolute Gasteiger partial charge is 0.390 e. The van der Waals surface area contributed by atoms with Crippen molar-refractivity contribution in [2.45, 2.75) is 115 Å². The number of aliphatic hydroxyl groups excluding tert-OH is 3. The monoisotopic (exact) mass is 494 g/mol. The van der Waals surface area contributed by atoms with Gasteiger partial charge in [-0.15, -0.1) is 0 Å². The number of Topliss-reactive ketones (excluding diaryl/α,β-unsaturated/α-hetero) is 1. The Morgan fingerprint density at radius 3 is 2.29 bits per heavy atom. The summed E-state index contributed by atoms with van der Waals surface area (Å²) in [5.74, 6) is -2.56. The molecule has 3 saturated carbocycles. The van der Waals surface area contributed by atoms with Crippen molar-refractivity contribution in [1.82, 2.24) is 0 Å². The minimum Gasteiger partial charge on any atom is -0.390 e. The van der Waals surface area contributed by atoms with E-state index in [1.165, 1.54) is 6.08 Å². The Balaban J connectivity index is 1.70. The summed E-state index contributed by atoms with van der Waals surface area (Å²) in [4.78, 5) is 26.5. The van der Waals surface area contributed by atoms with E-state index in [0.717, 1.165) is 0 Å². The van der Waals surface area contributed by atoms with E-state index in [4.69, 9.17) is 0 Å². The fourth-order valence-corrected chi connectivity index (χ4v) is 8.14. The summed E-state index contributed by atoms with van der Waals surface area (Å²) in [6, 6.07) is 0. The molecule has 0 spiro atoms. The maximum atomic E-state index is 13.3. The maximum Gasteiger partial charge on any atom is 0.171 e. The predicted molar refractivity (Wildman–Crippen MR) is 127 cm³/mol. The summed E-state index contributed by atoms with van der Waals surface area (Å²) in [7, 11) is 0. The molecule has 8 nitrogen and oxygen atoms in total. The molecule has 3 fully saturated rings. The number of hydrogen-bond donors (Lipinski definition) is 6. The summed E-state index contributed by atoms with van der Waals surface area (Å²) < 4.78 is 0. The van der Waals surface area contributed by atoms with Gasteiger partial charge in [-0.3, -0.25) is 9.59 Å². The SMILES string of the molecule is CC(C)(O)CC[C@@H](O)C(C)(O)[C@@H]1CC[C@@]2(O)C3=CC(=O)[C@@H]4C[C@@H](O)[C@H](O)C(=O)[C@]4(C)C3CC[C@]12C. The van der Waals surface area contributed by atoms with Gasteiger partial charge in [0.25, 0.3) is 0 Å². The number of hydrogen-bond acceptors (Lipinski definition) is 8. The second-order valence-electron chi connectivity index (χ2n) is 13.0. The fraction of sp³-hybridized carbons (Fsp3) is 0.852. The third kappa shape index (κ3) is 3.70. The van der Waals surface area contributed by atoms with Crippen LogP contribution in [0.25, 0.3) is 0 Å². The summed E-state index contributed by atoms with van der Waals surface area (Å²) in [6.45, 7) is 8.44. The van der Waals surface area contributed by atoms with Crippen molar-refractivity contribution < 1.29 is 40.2 Å². The van der Waals surface area contributed by atoms with Crippen LogP contribution < -0.4 is 0 Å². The van der Waals surface area contributed by atoms with Crippen LogP contribution in [0.2, 0.25) is 0 Å². The number of fused-ring (bicyclic) bond motifs is 5. The maximum absolute atomic E-state index is 13.3. The number of allylic oxidation sites excluding steroid dienone is 1. The molecule has 0 aromatic carbocycles. The van der Waals surface area contributed by atoms with E-state index in [0.29, 0.717) is 31.3 Å². The minimum absolute atomic E-state index is 0.00293. The van der Waals surface area contributed by atoms with Crippen molar-refractivity contribution in [1.29, 1.82) is 0 Å². The summed E-state index contributed by atoms with van der Waals surface area (Å²) >= 11 is 0. The van der Waals surface area contributed by atoms with Gasteiger partial charge in [0.15, 0.2) is 11.6 Å². The lowest BCUT2D eigenvalue weighted by atomic mass is 9.45. The minimum atomic E-state index is -1.56. The summed E-state index contributed by atoms with van der Waals surface area (Å²) in [5, 5.41) is 65.3. The fourth-order valence-electron chi connectivity index (χ4n) is 8.14. The van der Waals surface area contributed by atoms with Crippen molar-refractivity contribution in [3.05, 3.63) is 11.6 Å². The topological polar surface area (TPSA) is 156 Å². The molecule has 2 unspecified atom stereocenters. The molecule has 0 aliphatic heterocycles. The van der Waals surface area contributed by atoms with E-state index >= 15 is 0 Å². The van der Waals surface area contributed by atoms with Gasteiger partial charge in [-0.25, -0.2) is 0 Å². The summed E-state index contributed by atoms with van der Waals surface area (Å²) in [6.07, 6.45) is -0.366. The van der Waals surface area contributed by atoms with Crippen molar-refractivity contribution in [2.75, 3.05) is 0 Å². The third-order valence-corrected chi connectivity index (χ3v) is 10.5. The Kier molecular flexibility index (Phi) is 6.28. The van der Waals surface area contributed by atoms with Gasteiger partial charge in [0.1, 0.15) is 6.10 Å². The predicted octanol–water partition coefficient (Wildman–Crippen LogP) is 1.03. The lowest BCUT2D eigenvalue weighted by Gasteiger charge is -2.60. The van der Waals surface area contributed by atoms with Crippen molar-refractivity contribution >= 4 is 11.6 Å². The lowest BCUT2D eigenvalue weighted by Crippen LogP contribution is -2.65. The molecular weight excluding hydrogens is 452 g/mol. The first-order valence-electron chi connectivity index (χ1n) is 12.9. The van der Waals surface area contributed by atoms with Gasteiger partial charge in [0.05, 0.1) is 29.0 Å². The molecule has 10 atom stereocenters. The van der Waals surface area contributed by atoms with Gasteiger partial charge < -0.3 is 30.6 Å². The molecular formula is C27H42O8. The second-order valence-corrected chi connectivity index (χ2v) is 13.0. The average Bonchev–Trinajstić information content (AvgIpc) is 3.04. The van der Waals surface area contributed by atoms with E-state index in [-0.39, 0.29) is 25.0 Å². The van der Waals surface area contributed by atoms with Crippen LogP contribution in [-0.2, 0) is 9.59 Å². The zero-order valence-corrected chi connectivity index (χ0v) is 21.5. The smallest absolute Gasteiger partial charge is 0.171 e. The summed E-state index contributed by atoms with van der Waals surface area (Å²) in [5.41, 5.74) is -5.57. The van der Waals surface area contributed by atoms with Crippen molar-refractivity contribution in [2.24, 2.45) is 28.6 Å². The first-order valence-corrected chi connectivity index (χ1v) is 12.9. The molecule has 6 N–H and O–H groups in total. The highest BCUT2D eigenvalue weighted by Gasteiger charge is 2.70. The Morgan fingerprint density at radius 1 is 1.06 bits per heavy atom. The first kappa shape index (κ1) is 26.9. The zero-order valence-electron chi connectivity index (χ0n) is 21.5. The van der Waals surface area contributed by atoms with Gasteiger partial charge >= 0.3 is 0 Å². The van der Waals surface area contributed by atoms with Crippen LogP contribution in [0, 0.1) is 28.6 Å². The molecule has 198 valence electrons. The molecule has 4 rings (SSSR count). The van der Waals surface area contributed by atoms with Crippen LogP contribution in [0.4, 0.5) is 0 Å². The van der Waals surface area contributed by atoms with E-state index in [1.807, 2.05) is 6.92 Å². The normalized spacial score (nSPS) is 46.3. The highest BCUT2D eigenvalue weighted by Crippen LogP contribution is 2.68. The van der Waals surface area contributed by atoms with Crippen LogP contribution in [0.1, 0.15) is 79.6 Å². The number of carbonyl (C=O) groups excluding carboxylic acids is 2. The van der Waals surface area contributed by atoms with Crippen molar-refractivity contribution in [3.63, 3.8) is 0 Å². The van der Waals surface area contributed by atoms with E-state index in [9.17, 15) is 40.2 Å². The second kappa shape index (κ2) is 8.17. The lowest BCUT2D eigenvalue weighted by molar-refractivity contribution is -0.181. The molecule has 0 saturated heterocycles. The van der Waals surface area contributed by atoms with Gasteiger partial charge in [0.2, 0.25) is 0 Å². The van der Waals surface area contributed by atoms with Crippen LogP contribution in [0.3, 0.4) is 0 Å². The zero-order chi connectivity index (χ0) is 26.4. The standard InChI is InChI=1S/C27H42O8/c1-23(2,33)9-8-20(30)26(5,34)19-7-11-27(35)15-12-17(28)16-13-18(29)21(31)22(32)25(16,4)14(15)6-10-24(19,27)3/h12,14,16,18-21,29-31,33-35H,6-11,13H2,1-5H3/t14?,16-,18+,19+,20+,21-,24+,25+,26?,27+/m0/s1. The van der Waals surface area contributed by atoms with E-state index in [2.05, 4.69) is 0 Å². The average molecular weight is 495 g/mol. The molecule has 4 aliphatic rings. The Hall–Kier alpha value is -1.16. The first-order chi connectivity index (χ1) is 15.9. The van der Waals surface area contributed by atoms with Crippen LogP contribution in [0.15, 0.2) is 11.6 Å². The van der Waals surface area contributed by atoms with E-state index in [1.54, 1.807) is 27.7 Å². The van der Waals surface area contributed by atoms with Gasteiger partial charge in [-0.2, -0.15) is 0 Å². The van der Waals surface area contributed by atoms with Gasteiger partial charge in [-0.05, 0) is 89.2 Å². The van der Waals surface area contributed by atoms with Gasteiger partial charge in [0, 0.05) is 16.7 Å². The van der Waals surface area contributed by atoms with Crippen LogP contribution >= 0.6 is 0 Å². The highest BCUT2D eigenvalue weighted by atomic mass is 16.3. The van der Waals surface area contributed by atoms with Gasteiger partial charge in [-0.1, -0.05) is 13.8 Å². The third-order valence-electron chi connectivity index (χ3n) is 10.5. The molecule has 4 aliphatic carbocycles. The number of rotatable bonds is 5. The molecule has 35 heavy (non-hydrogen) atoms. The molecule has 0 aromatic heterocycles. The number of ketones is 2. The Morgan fingerprint density at radius 2 is 1.69 bits per heavy atom. The Bertz CT molecular complexity index is 934. The van der Waals surface area contributed by atoms with Crippen LogP contribution in [0.5, 0.6) is 0 Å². The number of aliphatic hydroxyl groups is 6. The molecule has 0 bridgehead atoms. The molecule has 0 radical (unpaired) electrons. The molecule has 8 heteroatoms. The van der Waals surface area contributed by atoms with Crippen molar-refractivity contribution in [3.8, 4) is 0 Å². The Labute approximate surface area is 207 Å². The molecule has 0 heterocycles. The van der Waals surface area contributed by atoms with E-state index < -0.39 is 69.5 Å². The molecule has 0 amide bonds. The number of carbonyl (C=O) groups is 2.